The molecule has 7 nitrogen and oxygen atoms in total. The lowest BCUT2D eigenvalue weighted by Gasteiger charge is -2.24. The van der Waals surface area contributed by atoms with Crippen molar-refractivity contribution in [1.29, 1.82) is 0 Å². The largest absolute Gasteiger partial charge is 0.497 e. The molecule has 1 atom stereocenters. The SMILES string of the molecule is COc1ccc(C(Nc2ccc(C(N)=O)cc2[N+](=O)[O-])C(C)C)cc1. The van der Waals surface area contributed by atoms with Crippen LogP contribution in [0.2, 0.25) is 0 Å². The van der Waals surface area contributed by atoms with Gasteiger partial charge in [-0.05, 0) is 35.7 Å². The molecular weight excluding hydrogens is 322 g/mol. The summed E-state index contributed by atoms with van der Waals surface area (Å²) in [4.78, 5) is 22.1. The molecule has 0 spiro atoms. The number of anilines is 1. The number of rotatable bonds is 7. The quantitative estimate of drug-likeness (QED) is 0.591. The summed E-state index contributed by atoms with van der Waals surface area (Å²) in [5.41, 5.74) is 6.44. The first-order valence-electron chi connectivity index (χ1n) is 7.82. The van der Waals surface area contributed by atoms with Crippen molar-refractivity contribution in [3.63, 3.8) is 0 Å². The maximum Gasteiger partial charge on any atom is 0.293 e. The van der Waals surface area contributed by atoms with Crippen molar-refractivity contribution >= 4 is 17.3 Å². The third kappa shape index (κ3) is 4.26. The van der Waals surface area contributed by atoms with Crippen molar-refractivity contribution in [2.45, 2.75) is 19.9 Å². The Morgan fingerprint density at radius 2 is 1.84 bits per heavy atom. The molecule has 0 fully saturated rings. The Morgan fingerprint density at radius 3 is 2.32 bits per heavy atom. The lowest BCUT2D eigenvalue weighted by Crippen LogP contribution is -2.18. The van der Waals surface area contributed by atoms with Crippen LogP contribution in [-0.4, -0.2) is 17.9 Å². The van der Waals surface area contributed by atoms with E-state index in [1.165, 1.54) is 18.2 Å². The molecule has 2 aromatic rings. The van der Waals surface area contributed by atoms with Gasteiger partial charge in [0, 0.05) is 11.6 Å². The standard InChI is InChI=1S/C18H21N3O4/c1-11(2)17(12-4-7-14(25-3)8-5-12)20-15-9-6-13(18(19)22)10-16(15)21(23)24/h4-11,17,20H,1-3H3,(H2,19,22). The van der Waals surface area contributed by atoms with Crippen molar-refractivity contribution in [1.82, 2.24) is 0 Å². The number of benzene rings is 2. The molecule has 132 valence electrons. The number of nitro groups is 1. The normalized spacial score (nSPS) is 11.8. The van der Waals surface area contributed by atoms with Gasteiger partial charge in [-0.1, -0.05) is 26.0 Å². The zero-order valence-corrected chi connectivity index (χ0v) is 14.4. The summed E-state index contributed by atoms with van der Waals surface area (Å²) in [6.45, 7) is 4.04. The van der Waals surface area contributed by atoms with Crippen molar-refractivity contribution in [2.75, 3.05) is 12.4 Å². The minimum absolute atomic E-state index is 0.0998. The minimum atomic E-state index is -0.704. The Labute approximate surface area is 145 Å². The second kappa shape index (κ2) is 7.65. The van der Waals surface area contributed by atoms with Crippen LogP contribution in [0.4, 0.5) is 11.4 Å². The van der Waals surface area contributed by atoms with E-state index in [0.29, 0.717) is 5.69 Å². The molecule has 0 aliphatic carbocycles. The smallest absolute Gasteiger partial charge is 0.293 e. The van der Waals surface area contributed by atoms with Crippen LogP contribution in [0.5, 0.6) is 5.75 Å². The molecule has 0 bridgehead atoms. The average molecular weight is 343 g/mol. The number of nitrogens with zero attached hydrogens (tertiary/aromatic N) is 1. The van der Waals surface area contributed by atoms with Gasteiger partial charge in [0.25, 0.3) is 5.69 Å². The molecule has 0 aromatic heterocycles. The van der Waals surface area contributed by atoms with Crippen LogP contribution in [-0.2, 0) is 0 Å². The third-order valence-electron chi connectivity index (χ3n) is 3.93. The van der Waals surface area contributed by atoms with E-state index in [1.807, 2.05) is 38.1 Å². The first kappa shape index (κ1) is 18.3. The van der Waals surface area contributed by atoms with E-state index < -0.39 is 10.8 Å². The molecule has 2 rings (SSSR count). The average Bonchev–Trinajstić information content (AvgIpc) is 2.59. The monoisotopic (exact) mass is 343 g/mol. The number of carbonyl (C=O) groups excluding carboxylic acids is 1. The fourth-order valence-corrected chi connectivity index (χ4v) is 2.57. The second-order valence-corrected chi connectivity index (χ2v) is 5.99. The number of nitro benzene ring substituents is 1. The van der Waals surface area contributed by atoms with Crippen LogP contribution in [0.1, 0.15) is 35.8 Å². The van der Waals surface area contributed by atoms with Gasteiger partial charge in [-0.25, -0.2) is 0 Å². The number of ether oxygens (including phenoxy) is 1. The van der Waals surface area contributed by atoms with Crippen molar-refractivity contribution in [3.05, 3.63) is 63.7 Å². The molecule has 0 saturated heterocycles. The number of methoxy groups -OCH3 is 1. The van der Waals surface area contributed by atoms with Crippen LogP contribution in [0, 0.1) is 16.0 Å². The highest BCUT2D eigenvalue weighted by molar-refractivity contribution is 5.94. The van der Waals surface area contributed by atoms with Crippen molar-refractivity contribution < 1.29 is 14.5 Å². The summed E-state index contributed by atoms with van der Waals surface area (Å²) < 4.78 is 5.16. The molecule has 25 heavy (non-hydrogen) atoms. The molecular formula is C18H21N3O4. The molecule has 0 saturated carbocycles. The van der Waals surface area contributed by atoms with Gasteiger partial charge in [0.15, 0.2) is 0 Å². The van der Waals surface area contributed by atoms with Gasteiger partial charge in [0.1, 0.15) is 11.4 Å². The maximum atomic E-state index is 11.4. The Bertz CT molecular complexity index is 772. The molecule has 2 aromatic carbocycles. The Morgan fingerprint density at radius 1 is 1.20 bits per heavy atom. The molecule has 0 radical (unpaired) electrons. The zero-order valence-electron chi connectivity index (χ0n) is 14.4. The van der Waals surface area contributed by atoms with Gasteiger partial charge in [-0.3, -0.25) is 14.9 Å². The topological polar surface area (TPSA) is 107 Å². The van der Waals surface area contributed by atoms with Crippen LogP contribution in [0.15, 0.2) is 42.5 Å². The number of hydrogen-bond acceptors (Lipinski definition) is 5. The number of amides is 1. The first-order chi connectivity index (χ1) is 11.8. The number of primary amides is 1. The molecule has 0 aliphatic rings. The number of nitrogens with one attached hydrogen (secondary N) is 1. The highest BCUT2D eigenvalue weighted by Crippen LogP contribution is 2.33. The molecule has 3 N–H and O–H groups in total. The first-order valence-corrected chi connectivity index (χ1v) is 7.82. The molecule has 7 heteroatoms. The highest BCUT2D eigenvalue weighted by atomic mass is 16.6. The summed E-state index contributed by atoms with van der Waals surface area (Å²) in [6, 6.07) is 11.5. The Kier molecular flexibility index (Phi) is 5.59. The zero-order chi connectivity index (χ0) is 18.6. The van der Waals surface area contributed by atoms with Crippen molar-refractivity contribution in [2.24, 2.45) is 11.7 Å². The fourth-order valence-electron chi connectivity index (χ4n) is 2.57. The molecule has 1 amide bonds. The lowest BCUT2D eigenvalue weighted by atomic mass is 9.95. The number of nitrogens with two attached hydrogens (primary N) is 1. The number of hydrogen-bond donors (Lipinski definition) is 2. The number of carbonyl (C=O) groups is 1. The van der Waals surface area contributed by atoms with E-state index in [1.54, 1.807) is 7.11 Å². The van der Waals surface area contributed by atoms with Crippen LogP contribution in [0.25, 0.3) is 0 Å². The molecule has 1 unspecified atom stereocenters. The Hall–Kier alpha value is -3.09. The predicted octanol–water partition coefficient (Wildman–Crippen LogP) is 3.51. The van der Waals surface area contributed by atoms with Gasteiger partial charge in [0.05, 0.1) is 18.1 Å². The summed E-state index contributed by atoms with van der Waals surface area (Å²) in [6.07, 6.45) is 0. The summed E-state index contributed by atoms with van der Waals surface area (Å²) in [5, 5.41) is 14.6. The highest BCUT2D eigenvalue weighted by Gasteiger charge is 2.22. The predicted molar refractivity (Wildman–Crippen MR) is 95.8 cm³/mol. The fraction of sp³-hybridized carbons (Fsp3) is 0.278. The minimum Gasteiger partial charge on any atom is -0.497 e. The van der Waals surface area contributed by atoms with E-state index in [-0.39, 0.29) is 23.2 Å². The van der Waals surface area contributed by atoms with Gasteiger partial charge >= 0.3 is 0 Å². The summed E-state index contributed by atoms with van der Waals surface area (Å²) >= 11 is 0. The van der Waals surface area contributed by atoms with Crippen molar-refractivity contribution in [3.8, 4) is 5.75 Å². The van der Waals surface area contributed by atoms with Crippen LogP contribution in [0.3, 0.4) is 0 Å². The van der Waals surface area contributed by atoms with Gasteiger partial charge in [0.2, 0.25) is 5.91 Å². The van der Waals surface area contributed by atoms with E-state index in [0.717, 1.165) is 11.3 Å². The van der Waals surface area contributed by atoms with Gasteiger partial charge in [-0.2, -0.15) is 0 Å². The second-order valence-electron chi connectivity index (χ2n) is 5.99. The van der Waals surface area contributed by atoms with Crippen LogP contribution < -0.4 is 15.8 Å². The van der Waals surface area contributed by atoms with Crippen LogP contribution >= 0.6 is 0 Å². The maximum absolute atomic E-state index is 11.4. The Balaban J connectivity index is 2.38. The molecule has 0 aliphatic heterocycles. The van der Waals surface area contributed by atoms with Gasteiger partial charge in [-0.15, -0.1) is 0 Å². The van der Waals surface area contributed by atoms with E-state index in [4.69, 9.17) is 10.5 Å². The lowest BCUT2D eigenvalue weighted by molar-refractivity contribution is -0.384. The summed E-state index contributed by atoms with van der Waals surface area (Å²) in [5.74, 6) is 0.206. The third-order valence-corrected chi connectivity index (χ3v) is 3.93. The van der Waals surface area contributed by atoms with Gasteiger partial charge < -0.3 is 15.8 Å². The van der Waals surface area contributed by atoms with E-state index >= 15 is 0 Å². The van der Waals surface area contributed by atoms with E-state index in [9.17, 15) is 14.9 Å². The molecule has 0 heterocycles. The summed E-state index contributed by atoms with van der Waals surface area (Å²) in [7, 11) is 1.59. The van der Waals surface area contributed by atoms with E-state index in [2.05, 4.69) is 5.32 Å².